The summed E-state index contributed by atoms with van der Waals surface area (Å²) in [5, 5.41) is 4.85. The van der Waals surface area contributed by atoms with Gasteiger partial charge in [0.15, 0.2) is 0 Å². The van der Waals surface area contributed by atoms with Crippen LogP contribution >= 0.6 is 0 Å². The zero-order valence-corrected chi connectivity index (χ0v) is 42.2. The molecule has 0 bridgehead atoms. The molecule has 0 fully saturated rings. The van der Waals surface area contributed by atoms with Crippen molar-refractivity contribution in [3.05, 3.63) is 311 Å². The van der Waals surface area contributed by atoms with E-state index in [0.717, 1.165) is 47.0 Å². The number of nitrogens with zero attached hydrogens (tertiary/aromatic N) is 2. The highest BCUT2D eigenvalue weighted by molar-refractivity contribution is 6.12. The molecule has 14 rings (SSSR count). The molecule has 75 heavy (non-hydrogen) atoms. The summed E-state index contributed by atoms with van der Waals surface area (Å²) in [5.74, 6) is 0. The molecule has 0 aliphatic heterocycles. The number of fused-ring (bicyclic) bond motifs is 9. The molecule has 0 unspecified atom stereocenters. The third-order valence-corrected chi connectivity index (χ3v) is 16.1. The molecule has 2 heteroatoms. The highest BCUT2D eigenvalue weighted by atomic mass is 15.1. The van der Waals surface area contributed by atoms with Gasteiger partial charge in [0.2, 0.25) is 0 Å². The first-order valence-corrected chi connectivity index (χ1v) is 26.4. The summed E-state index contributed by atoms with van der Waals surface area (Å²) >= 11 is 0. The van der Waals surface area contributed by atoms with E-state index >= 15 is 0 Å². The summed E-state index contributed by atoms with van der Waals surface area (Å²) in [5.41, 5.74) is 24.1. The largest absolute Gasteiger partial charge is 0.310 e. The zero-order chi connectivity index (χ0) is 50.0. The fraction of sp³-hybridized carbons (Fsp3) is 0.0685. The summed E-state index contributed by atoms with van der Waals surface area (Å²) in [6, 6.07) is 99.8. The Morgan fingerprint density at radius 2 is 0.813 bits per heavy atom. The quantitative estimate of drug-likeness (QED) is 0.142. The Bertz CT molecular complexity index is 4070. The Kier molecular flexibility index (Phi) is 10.7. The summed E-state index contributed by atoms with van der Waals surface area (Å²) in [6.07, 6.45) is 2.04. The zero-order valence-electron chi connectivity index (χ0n) is 42.2. The summed E-state index contributed by atoms with van der Waals surface area (Å²) in [7, 11) is 0. The van der Waals surface area contributed by atoms with Gasteiger partial charge in [-0.3, -0.25) is 0 Å². The lowest BCUT2D eigenvalue weighted by Gasteiger charge is -2.36. The number of aryl methyl sites for hydroxylation is 4. The molecule has 0 radical (unpaired) electrons. The topological polar surface area (TPSA) is 6.48 Å². The number of anilines is 6. The second-order valence-electron chi connectivity index (χ2n) is 20.5. The van der Waals surface area contributed by atoms with Crippen molar-refractivity contribution in [2.45, 2.75) is 32.1 Å². The fourth-order valence-corrected chi connectivity index (χ4v) is 12.8. The first-order valence-electron chi connectivity index (χ1n) is 26.4. The van der Waals surface area contributed by atoms with E-state index in [4.69, 9.17) is 0 Å². The van der Waals surface area contributed by atoms with Crippen LogP contribution in [0.25, 0.3) is 54.9 Å². The van der Waals surface area contributed by atoms with Gasteiger partial charge in [0.1, 0.15) is 0 Å². The second kappa shape index (κ2) is 18.1. The van der Waals surface area contributed by atoms with E-state index in [1.807, 2.05) is 0 Å². The summed E-state index contributed by atoms with van der Waals surface area (Å²) < 4.78 is 0. The van der Waals surface area contributed by atoms with E-state index in [9.17, 15) is 0 Å². The Morgan fingerprint density at radius 1 is 0.307 bits per heavy atom. The van der Waals surface area contributed by atoms with Crippen molar-refractivity contribution >= 4 is 55.7 Å². The van der Waals surface area contributed by atoms with Crippen LogP contribution < -0.4 is 9.80 Å². The van der Waals surface area contributed by atoms with Crippen LogP contribution in [0, 0.1) is 13.8 Å². The van der Waals surface area contributed by atoms with Gasteiger partial charge < -0.3 is 9.80 Å². The fourth-order valence-electron chi connectivity index (χ4n) is 12.8. The summed E-state index contributed by atoms with van der Waals surface area (Å²) in [4.78, 5) is 4.91. The minimum atomic E-state index is -0.688. The van der Waals surface area contributed by atoms with E-state index in [-0.39, 0.29) is 0 Å². The van der Waals surface area contributed by atoms with Crippen LogP contribution in [0.3, 0.4) is 0 Å². The van der Waals surface area contributed by atoms with Crippen molar-refractivity contribution in [3.8, 4) is 33.4 Å². The third kappa shape index (κ3) is 7.24. The van der Waals surface area contributed by atoms with Crippen LogP contribution in [0.2, 0.25) is 0 Å². The number of hydrogen-bond acceptors (Lipinski definition) is 2. The Labute approximate surface area is 440 Å². The predicted molar refractivity (Wildman–Crippen MR) is 316 cm³/mol. The maximum atomic E-state index is 2.57. The minimum Gasteiger partial charge on any atom is -0.310 e. The molecule has 0 N–H and O–H groups in total. The van der Waals surface area contributed by atoms with E-state index in [1.165, 1.54) is 99.4 Å². The third-order valence-electron chi connectivity index (χ3n) is 16.1. The van der Waals surface area contributed by atoms with E-state index in [2.05, 4.69) is 291 Å². The van der Waals surface area contributed by atoms with Gasteiger partial charge in [-0.25, -0.2) is 0 Å². The maximum absolute atomic E-state index is 2.57. The number of benzene rings is 12. The van der Waals surface area contributed by atoms with Crippen LogP contribution in [0.15, 0.2) is 267 Å². The van der Waals surface area contributed by atoms with Crippen molar-refractivity contribution < 1.29 is 0 Å². The molecule has 0 spiro atoms. The van der Waals surface area contributed by atoms with Crippen LogP contribution in [0.5, 0.6) is 0 Å². The molecule has 356 valence electrons. The first-order chi connectivity index (χ1) is 37.0. The van der Waals surface area contributed by atoms with Gasteiger partial charge in [-0.2, -0.15) is 0 Å². The lowest BCUT2D eigenvalue weighted by Crippen LogP contribution is -2.29. The van der Waals surface area contributed by atoms with Gasteiger partial charge in [-0.1, -0.05) is 211 Å². The lowest BCUT2D eigenvalue weighted by molar-refractivity contribution is 0.767. The van der Waals surface area contributed by atoms with Crippen LogP contribution in [0.4, 0.5) is 34.1 Å². The van der Waals surface area contributed by atoms with E-state index < -0.39 is 5.41 Å². The molecule has 0 saturated carbocycles. The highest BCUT2D eigenvalue weighted by Gasteiger charge is 2.48. The standard InChI is InChI=1S/C73H54N2/c1-49-20-18-23-54(44-49)73(55-24-19-21-50(2)45-55)68-47-53(62-42-43-70(64-33-15-14-32-63(62)64)74(56-25-6-3-7-26-56)57-27-8-4-9-28-57)38-40-67(68)72-66-35-17-16-34-65(66)71(48-69(72)73)75(58-29-10-5-11-30-58)59-39-41-61-52(46-59)37-36-51-22-12-13-31-60(51)61/h3-35,38-48H,36-37H2,1-2H3. The molecule has 2 aliphatic rings. The first kappa shape index (κ1) is 44.5. The second-order valence-corrected chi connectivity index (χ2v) is 20.5. The van der Waals surface area contributed by atoms with Gasteiger partial charge in [-0.15, -0.1) is 0 Å². The van der Waals surface area contributed by atoms with Gasteiger partial charge in [0.05, 0.1) is 16.8 Å². The Hall–Kier alpha value is -9.24. The average Bonchev–Trinajstić information content (AvgIpc) is 3.87. The Morgan fingerprint density at radius 3 is 1.45 bits per heavy atom. The molecule has 0 heterocycles. The molecule has 0 saturated heterocycles. The molecule has 2 aliphatic carbocycles. The SMILES string of the molecule is Cc1cccc(C2(c3cccc(C)c3)c3cc(-c4ccc(N(c5ccccc5)c5ccccc5)c5ccccc45)ccc3-c3c2cc(N(c2ccccc2)c2ccc4c(c2)CCc2ccccc2-4)c2ccccc32)c1. The number of para-hydroxylation sites is 3. The molecular formula is C73H54N2. The lowest BCUT2D eigenvalue weighted by atomic mass is 9.66. The van der Waals surface area contributed by atoms with Crippen molar-refractivity contribution in [1.29, 1.82) is 0 Å². The number of hydrogen-bond donors (Lipinski definition) is 0. The molecule has 0 atom stereocenters. The molecule has 0 amide bonds. The van der Waals surface area contributed by atoms with Crippen LogP contribution in [0.1, 0.15) is 44.5 Å². The molecular weight excluding hydrogens is 905 g/mol. The van der Waals surface area contributed by atoms with Gasteiger partial charge >= 0.3 is 0 Å². The maximum Gasteiger partial charge on any atom is 0.0714 e. The van der Waals surface area contributed by atoms with E-state index in [1.54, 1.807) is 0 Å². The Balaban J connectivity index is 1.04. The van der Waals surface area contributed by atoms with Crippen molar-refractivity contribution in [3.63, 3.8) is 0 Å². The molecule has 12 aromatic carbocycles. The average molecular weight is 959 g/mol. The van der Waals surface area contributed by atoms with Crippen LogP contribution in [-0.4, -0.2) is 0 Å². The molecule has 0 aromatic heterocycles. The summed E-state index contributed by atoms with van der Waals surface area (Å²) in [6.45, 7) is 4.47. The van der Waals surface area contributed by atoms with Gasteiger partial charge in [-0.05, 0) is 171 Å². The predicted octanol–water partition coefficient (Wildman–Crippen LogP) is 19.3. The molecule has 2 nitrogen and oxygen atoms in total. The van der Waals surface area contributed by atoms with Crippen molar-refractivity contribution in [1.82, 2.24) is 0 Å². The van der Waals surface area contributed by atoms with Crippen LogP contribution in [-0.2, 0) is 18.3 Å². The minimum absolute atomic E-state index is 0.688. The van der Waals surface area contributed by atoms with Gasteiger partial charge in [0, 0.05) is 33.5 Å². The normalized spacial score (nSPS) is 12.9. The monoisotopic (exact) mass is 958 g/mol. The smallest absolute Gasteiger partial charge is 0.0714 e. The van der Waals surface area contributed by atoms with Crippen molar-refractivity contribution in [2.75, 3.05) is 9.80 Å². The highest BCUT2D eigenvalue weighted by Crippen LogP contribution is 2.61. The number of rotatable bonds is 9. The van der Waals surface area contributed by atoms with Crippen molar-refractivity contribution in [2.24, 2.45) is 0 Å². The molecule has 12 aromatic rings. The van der Waals surface area contributed by atoms with E-state index in [0.29, 0.717) is 0 Å². The van der Waals surface area contributed by atoms with Gasteiger partial charge in [0.25, 0.3) is 0 Å².